The van der Waals surface area contributed by atoms with Crippen LogP contribution in [0.1, 0.15) is 60.5 Å². The fourth-order valence-electron chi connectivity index (χ4n) is 6.94. The summed E-state index contributed by atoms with van der Waals surface area (Å²) < 4.78 is 34.2. The van der Waals surface area contributed by atoms with Crippen LogP contribution in [0.3, 0.4) is 0 Å². The minimum absolute atomic E-state index is 0.0406. The van der Waals surface area contributed by atoms with Gasteiger partial charge >= 0.3 is 0 Å². The Morgan fingerprint density at radius 1 is 1.12 bits per heavy atom. The number of amides is 1. The molecule has 1 saturated carbocycles. The second kappa shape index (κ2) is 10.7. The molecule has 9 heteroatoms. The number of allylic oxidation sites excluding steroid dienone is 1. The summed E-state index contributed by atoms with van der Waals surface area (Å²) in [4.78, 5) is 15.4. The molecule has 0 aromatic heterocycles. The van der Waals surface area contributed by atoms with E-state index < -0.39 is 22.0 Å². The number of sulfonamides is 1. The van der Waals surface area contributed by atoms with Gasteiger partial charge in [0, 0.05) is 29.1 Å². The number of nitrogens with zero attached hydrogens (tertiary/aromatic N) is 1. The van der Waals surface area contributed by atoms with Gasteiger partial charge in [-0.2, -0.15) is 0 Å². The number of halogens is 1. The van der Waals surface area contributed by atoms with Crippen molar-refractivity contribution in [1.29, 1.82) is 0 Å². The molecule has 0 saturated heterocycles. The number of aliphatic hydroxyl groups excluding tert-OH is 1. The summed E-state index contributed by atoms with van der Waals surface area (Å²) in [6, 6.07) is 11.4. The van der Waals surface area contributed by atoms with Crippen molar-refractivity contribution in [3.63, 3.8) is 0 Å². The normalized spacial score (nSPS) is 32.5. The van der Waals surface area contributed by atoms with Gasteiger partial charge in [-0.25, -0.2) is 13.1 Å². The van der Waals surface area contributed by atoms with E-state index in [1.807, 2.05) is 25.1 Å². The Hall–Kier alpha value is -2.55. The van der Waals surface area contributed by atoms with Crippen LogP contribution in [0.2, 0.25) is 5.02 Å². The zero-order chi connectivity index (χ0) is 28.1. The number of carbonyl (C=O) groups is 1. The van der Waals surface area contributed by atoms with Crippen LogP contribution in [-0.4, -0.2) is 51.0 Å². The van der Waals surface area contributed by atoms with Gasteiger partial charge in [-0.15, -0.1) is 0 Å². The van der Waals surface area contributed by atoms with Crippen molar-refractivity contribution in [2.24, 2.45) is 17.8 Å². The van der Waals surface area contributed by atoms with E-state index in [0.29, 0.717) is 25.3 Å². The van der Waals surface area contributed by atoms with E-state index >= 15 is 0 Å². The first kappa shape index (κ1) is 27.6. The van der Waals surface area contributed by atoms with Crippen LogP contribution >= 0.6 is 11.6 Å². The van der Waals surface area contributed by atoms with Gasteiger partial charge in [-0.1, -0.05) is 36.7 Å². The summed E-state index contributed by atoms with van der Waals surface area (Å²) in [5.74, 6) is 0.263. The van der Waals surface area contributed by atoms with Crippen molar-refractivity contribution >= 4 is 33.2 Å². The summed E-state index contributed by atoms with van der Waals surface area (Å²) >= 11 is 6.37. The number of carbonyl (C=O) groups excluding carboxylic acids is 1. The number of hydrogen-bond donors (Lipinski definition) is 2. The van der Waals surface area contributed by atoms with Crippen LogP contribution in [0.5, 0.6) is 5.75 Å². The highest BCUT2D eigenvalue weighted by Gasteiger charge is 2.44. The number of aliphatic hydroxyl groups is 1. The molecule has 2 aromatic carbocycles. The number of fused-ring (bicyclic) bond motifs is 4. The van der Waals surface area contributed by atoms with Gasteiger partial charge < -0.3 is 14.7 Å². The summed E-state index contributed by atoms with van der Waals surface area (Å²) in [6.07, 6.45) is 8.47. The van der Waals surface area contributed by atoms with Crippen LogP contribution in [0, 0.1) is 17.8 Å². The van der Waals surface area contributed by atoms with Crippen LogP contribution in [0.4, 0.5) is 5.69 Å². The molecule has 2 N–H and O–H groups in total. The summed E-state index contributed by atoms with van der Waals surface area (Å²) in [7, 11) is -3.82. The van der Waals surface area contributed by atoms with Crippen molar-refractivity contribution < 1.29 is 23.1 Å². The van der Waals surface area contributed by atoms with Gasteiger partial charge in [0.05, 0.1) is 24.2 Å². The molecule has 2 heterocycles. The van der Waals surface area contributed by atoms with Crippen LogP contribution in [0.15, 0.2) is 48.6 Å². The molecule has 1 fully saturated rings. The lowest BCUT2D eigenvalue weighted by atomic mass is 9.68. The second-order valence-electron chi connectivity index (χ2n) is 12.2. The smallest absolute Gasteiger partial charge is 0.264 e. The summed E-state index contributed by atoms with van der Waals surface area (Å²) in [5.41, 5.74) is 3.34. The highest BCUT2D eigenvalue weighted by atomic mass is 35.5. The number of hydrogen-bond acceptors (Lipinski definition) is 6. The fraction of sp³-hybridized carbons (Fsp3) is 0.516. The lowest BCUT2D eigenvalue weighted by molar-refractivity contribution is 0.0454. The van der Waals surface area contributed by atoms with Gasteiger partial charge in [0.1, 0.15) is 5.75 Å². The van der Waals surface area contributed by atoms with E-state index in [4.69, 9.17) is 16.3 Å². The maximum absolute atomic E-state index is 13.1. The molecule has 1 spiro atoms. The van der Waals surface area contributed by atoms with Crippen LogP contribution in [0.25, 0.3) is 0 Å². The maximum atomic E-state index is 13.1. The third-order valence-corrected chi connectivity index (χ3v) is 10.9. The van der Waals surface area contributed by atoms with Gasteiger partial charge in [0.25, 0.3) is 5.91 Å². The van der Waals surface area contributed by atoms with Crippen LogP contribution in [-0.2, 0) is 21.9 Å². The average Bonchev–Trinajstić information content (AvgIpc) is 3.05. The first-order valence-electron chi connectivity index (χ1n) is 14.3. The van der Waals surface area contributed by atoms with Gasteiger partial charge in [-0.3, -0.25) is 4.79 Å². The van der Waals surface area contributed by atoms with Crippen molar-refractivity contribution in [3.8, 4) is 5.75 Å². The van der Waals surface area contributed by atoms with E-state index in [1.165, 1.54) is 11.1 Å². The number of aryl methyl sites for hydroxylation is 1. The number of ether oxygens (including phenoxy) is 1. The van der Waals surface area contributed by atoms with Gasteiger partial charge in [-0.05, 0) is 97.7 Å². The molecule has 7 nitrogen and oxygen atoms in total. The Morgan fingerprint density at radius 3 is 2.77 bits per heavy atom. The number of anilines is 1. The predicted octanol–water partition coefficient (Wildman–Crippen LogP) is 4.86. The lowest BCUT2D eigenvalue weighted by Crippen LogP contribution is -2.49. The number of rotatable bonds is 0. The Kier molecular flexibility index (Phi) is 7.38. The average molecular weight is 585 g/mol. The highest BCUT2D eigenvalue weighted by molar-refractivity contribution is 7.90. The standard InChI is InChI=1S/C31H37ClN2O5S/c1-20-4-10-28(35)25-8-5-23(25)17-34-18-31(13-2-3-21-15-24(32)7-9-26(21)31)19-39-29-11-6-22(16-27(29)34)30(36)33-40(37,38)14-12-20/h4,6-7,9-11,15-16,20,23,25,28,35H,2-3,5,8,12-14,17-19H2,1H3,(H,33,36)/b10-4+/t20-,23-,25+,28-,31-/m0/s1. The maximum Gasteiger partial charge on any atom is 0.264 e. The molecular weight excluding hydrogens is 548 g/mol. The minimum Gasteiger partial charge on any atom is -0.490 e. The first-order valence-corrected chi connectivity index (χ1v) is 16.4. The molecular formula is C31H37ClN2O5S. The number of benzene rings is 2. The van der Waals surface area contributed by atoms with Crippen LogP contribution < -0.4 is 14.4 Å². The molecule has 4 aliphatic rings. The summed E-state index contributed by atoms with van der Waals surface area (Å²) in [6.45, 7) is 3.85. The molecule has 2 aliphatic heterocycles. The summed E-state index contributed by atoms with van der Waals surface area (Å²) in [5, 5.41) is 11.8. The molecule has 0 unspecified atom stereocenters. The Morgan fingerprint density at radius 2 is 1.98 bits per heavy atom. The molecule has 2 bridgehead atoms. The molecule has 40 heavy (non-hydrogen) atoms. The predicted molar refractivity (Wildman–Crippen MR) is 157 cm³/mol. The van der Waals surface area contributed by atoms with E-state index in [-0.39, 0.29) is 34.5 Å². The minimum atomic E-state index is -3.82. The molecule has 6 rings (SSSR count). The molecule has 214 valence electrons. The van der Waals surface area contributed by atoms with Crippen molar-refractivity contribution in [2.45, 2.75) is 57.0 Å². The zero-order valence-electron chi connectivity index (χ0n) is 22.8. The molecule has 1 amide bonds. The molecule has 2 aliphatic carbocycles. The van der Waals surface area contributed by atoms with Gasteiger partial charge in [0.2, 0.25) is 10.0 Å². The third kappa shape index (κ3) is 5.38. The van der Waals surface area contributed by atoms with Crippen molar-refractivity contribution in [3.05, 3.63) is 70.3 Å². The fourth-order valence-corrected chi connectivity index (χ4v) is 8.32. The molecule has 2 aromatic rings. The quantitative estimate of drug-likeness (QED) is 0.430. The van der Waals surface area contributed by atoms with E-state index in [9.17, 15) is 18.3 Å². The Labute approximate surface area is 241 Å². The lowest BCUT2D eigenvalue weighted by Gasteiger charge is -2.45. The third-order valence-electron chi connectivity index (χ3n) is 9.40. The number of nitrogens with one attached hydrogen (secondary N) is 1. The Bertz CT molecular complexity index is 1440. The monoisotopic (exact) mass is 584 g/mol. The van der Waals surface area contributed by atoms with E-state index in [0.717, 1.165) is 49.4 Å². The molecule has 0 radical (unpaired) electrons. The second-order valence-corrected chi connectivity index (χ2v) is 14.5. The van der Waals surface area contributed by atoms with E-state index in [2.05, 4.69) is 21.8 Å². The largest absolute Gasteiger partial charge is 0.490 e. The highest BCUT2D eigenvalue weighted by Crippen LogP contribution is 2.46. The van der Waals surface area contributed by atoms with E-state index in [1.54, 1.807) is 18.2 Å². The van der Waals surface area contributed by atoms with Gasteiger partial charge in [0.15, 0.2) is 0 Å². The Balaban J connectivity index is 1.42. The molecule has 5 atom stereocenters. The van der Waals surface area contributed by atoms with Crippen molar-refractivity contribution in [2.75, 3.05) is 30.3 Å². The van der Waals surface area contributed by atoms with Crippen molar-refractivity contribution in [1.82, 2.24) is 4.72 Å². The SMILES string of the molecule is C[C@H]1/C=C/[C@H](O)[C@@H]2CC[C@H]2CN2C[C@@]3(CCCc4cc(Cl)ccc43)COc3ccc(cc32)C(=O)NS(=O)(=O)CC1. The topological polar surface area (TPSA) is 95.9 Å². The zero-order valence-corrected chi connectivity index (χ0v) is 24.4. The first-order chi connectivity index (χ1) is 19.1.